The van der Waals surface area contributed by atoms with E-state index in [2.05, 4.69) is 0 Å². The van der Waals surface area contributed by atoms with E-state index >= 15 is 0 Å². The zero-order valence-corrected chi connectivity index (χ0v) is 6.37. The zero-order chi connectivity index (χ0) is 6.57. The number of rotatable bonds is 3. The molecule has 0 saturated carbocycles. The van der Waals surface area contributed by atoms with Crippen LogP contribution in [0.15, 0.2) is 0 Å². The SMILES string of the molecule is Cl.NC[C@@H](F)C[P+](=O)O. The average Bonchev–Trinajstić information content (AvgIpc) is 1.65. The van der Waals surface area contributed by atoms with E-state index in [1.165, 1.54) is 0 Å². The number of nitrogens with two attached hydrogens (primary N) is 1. The second kappa shape index (κ2) is 6.36. The monoisotopic (exact) mass is 176 g/mol. The Kier molecular flexibility index (Phi) is 8.46. The van der Waals surface area contributed by atoms with Gasteiger partial charge < -0.3 is 5.73 Å². The normalized spacial score (nSPS) is 13.9. The molecule has 0 spiro atoms. The highest BCUT2D eigenvalue weighted by atomic mass is 35.5. The van der Waals surface area contributed by atoms with Gasteiger partial charge in [0.1, 0.15) is 0 Å². The van der Waals surface area contributed by atoms with E-state index in [-0.39, 0.29) is 25.1 Å². The van der Waals surface area contributed by atoms with Crippen molar-refractivity contribution in [2.45, 2.75) is 6.17 Å². The first-order valence-electron chi connectivity index (χ1n) is 2.14. The second-order valence-electron chi connectivity index (χ2n) is 1.37. The van der Waals surface area contributed by atoms with Gasteiger partial charge in [0, 0.05) is 6.54 Å². The maximum atomic E-state index is 11.9. The summed E-state index contributed by atoms with van der Waals surface area (Å²) in [5.41, 5.74) is 4.81. The van der Waals surface area contributed by atoms with Crippen molar-refractivity contribution in [1.82, 2.24) is 0 Å². The van der Waals surface area contributed by atoms with Gasteiger partial charge in [-0.1, -0.05) is 0 Å². The molecule has 0 aromatic carbocycles. The summed E-state index contributed by atoms with van der Waals surface area (Å²) in [7, 11) is -2.35. The van der Waals surface area contributed by atoms with Crippen LogP contribution in [0.5, 0.6) is 0 Å². The highest BCUT2D eigenvalue weighted by Crippen LogP contribution is 2.14. The average molecular weight is 177 g/mol. The molecule has 0 aromatic heterocycles. The fraction of sp³-hybridized carbons (Fsp3) is 1.00. The molecular weight excluding hydrogens is 167 g/mol. The molecule has 3 nitrogen and oxygen atoms in total. The van der Waals surface area contributed by atoms with Gasteiger partial charge in [0.15, 0.2) is 6.17 Å². The molecule has 0 amide bonds. The third-order valence-corrected chi connectivity index (χ3v) is 1.32. The lowest BCUT2D eigenvalue weighted by molar-refractivity contribution is 0.364. The lowest BCUT2D eigenvalue weighted by Gasteiger charge is -1.90. The van der Waals surface area contributed by atoms with Crippen LogP contribution in [0, 0.1) is 0 Å². The molecule has 0 heterocycles. The fourth-order valence-corrected chi connectivity index (χ4v) is 0.732. The molecule has 0 saturated heterocycles. The first-order valence-corrected chi connectivity index (χ1v) is 3.54. The summed E-state index contributed by atoms with van der Waals surface area (Å²) < 4.78 is 21.7. The summed E-state index contributed by atoms with van der Waals surface area (Å²) in [6, 6.07) is 0. The van der Waals surface area contributed by atoms with Crippen molar-refractivity contribution in [2.24, 2.45) is 5.73 Å². The van der Waals surface area contributed by atoms with Crippen molar-refractivity contribution >= 4 is 20.4 Å². The molecule has 0 rings (SSSR count). The van der Waals surface area contributed by atoms with Crippen LogP contribution in [0.3, 0.4) is 0 Å². The van der Waals surface area contributed by atoms with Crippen LogP contribution in [0.25, 0.3) is 0 Å². The van der Waals surface area contributed by atoms with E-state index in [9.17, 15) is 8.96 Å². The van der Waals surface area contributed by atoms with Crippen LogP contribution in [0.2, 0.25) is 0 Å². The predicted molar refractivity (Wildman–Crippen MR) is 35.9 cm³/mol. The number of hydrogen-bond acceptors (Lipinski definition) is 2. The Morgan fingerprint density at radius 2 is 2.22 bits per heavy atom. The Balaban J connectivity index is 0. The molecule has 0 fully saturated rings. The molecule has 0 aliphatic rings. The molecule has 0 aliphatic heterocycles. The van der Waals surface area contributed by atoms with Gasteiger partial charge in [-0.05, 0) is 4.57 Å². The molecule has 3 N–H and O–H groups in total. The smallest absolute Gasteiger partial charge is 0.328 e. The van der Waals surface area contributed by atoms with Gasteiger partial charge in [-0.3, -0.25) is 0 Å². The summed E-state index contributed by atoms with van der Waals surface area (Å²) in [5, 5.41) is 0. The van der Waals surface area contributed by atoms with Crippen molar-refractivity contribution in [1.29, 1.82) is 0 Å². The molecule has 0 aliphatic carbocycles. The Morgan fingerprint density at radius 1 is 1.78 bits per heavy atom. The van der Waals surface area contributed by atoms with Gasteiger partial charge in [0.2, 0.25) is 6.16 Å². The Morgan fingerprint density at radius 3 is 2.33 bits per heavy atom. The lowest BCUT2D eigenvalue weighted by Crippen LogP contribution is -2.17. The molecule has 2 atom stereocenters. The summed E-state index contributed by atoms with van der Waals surface area (Å²) >= 11 is 0. The van der Waals surface area contributed by atoms with Crippen LogP contribution in [0.4, 0.5) is 4.39 Å². The van der Waals surface area contributed by atoms with Crippen molar-refractivity contribution in [3.05, 3.63) is 0 Å². The van der Waals surface area contributed by atoms with Crippen molar-refractivity contribution < 1.29 is 13.8 Å². The van der Waals surface area contributed by atoms with Crippen LogP contribution >= 0.6 is 20.4 Å². The number of alkyl halides is 1. The maximum Gasteiger partial charge on any atom is 0.508 e. The molecule has 0 bridgehead atoms. The molecule has 9 heavy (non-hydrogen) atoms. The van der Waals surface area contributed by atoms with Crippen LogP contribution in [-0.2, 0) is 4.57 Å². The quantitative estimate of drug-likeness (QED) is 0.614. The minimum absolute atomic E-state index is 0. The third kappa shape index (κ3) is 8.24. The van der Waals surface area contributed by atoms with Gasteiger partial charge in [-0.25, -0.2) is 4.39 Å². The first kappa shape index (κ1) is 12.0. The molecule has 6 heteroatoms. The molecule has 1 unspecified atom stereocenters. The lowest BCUT2D eigenvalue weighted by atomic mass is 10.5. The highest BCUT2D eigenvalue weighted by Gasteiger charge is 2.18. The summed E-state index contributed by atoms with van der Waals surface area (Å²) in [4.78, 5) is 8.07. The molecule has 56 valence electrons. The standard InChI is InChI=1S/C3H7FNO2P.ClH/c4-3(1-5)2-8(6)7;/h3H,1-2,5H2;1H/p+1/t3-;/m1./s1. The van der Waals surface area contributed by atoms with E-state index < -0.39 is 14.2 Å². The molecule has 0 aromatic rings. The summed E-state index contributed by atoms with van der Waals surface area (Å²) in [6.45, 7) is -0.179. The van der Waals surface area contributed by atoms with E-state index in [1.807, 2.05) is 0 Å². The van der Waals surface area contributed by atoms with Crippen LogP contribution in [-0.4, -0.2) is 23.8 Å². The minimum Gasteiger partial charge on any atom is -0.328 e. The molecular formula is C3H9ClFNO2P+. The number of hydrogen-bond donors (Lipinski definition) is 2. The van der Waals surface area contributed by atoms with Crippen molar-refractivity contribution in [3.63, 3.8) is 0 Å². The van der Waals surface area contributed by atoms with Gasteiger partial charge >= 0.3 is 8.03 Å². The Hall–Kier alpha value is 0.240. The number of halogens is 2. The maximum absolute atomic E-state index is 11.9. The van der Waals surface area contributed by atoms with Gasteiger partial charge in [-0.15, -0.1) is 12.4 Å². The van der Waals surface area contributed by atoms with Crippen LogP contribution in [0.1, 0.15) is 0 Å². The summed E-state index contributed by atoms with van der Waals surface area (Å²) in [5.74, 6) is 0. The van der Waals surface area contributed by atoms with E-state index in [0.717, 1.165) is 0 Å². The van der Waals surface area contributed by atoms with Crippen molar-refractivity contribution in [2.75, 3.05) is 12.7 Å². The van der Waals surface area contributed by atoms with Gasteiger partial charge in [0.25, 0.3) is 0 Å². The predicted octanol–water partition coefficient (Wildman–Crippen LogP) is 0.440. The van der Waals surface area contributed by atoms with Crippen molar-refractivity contribution in [3.8, 4) is 0 Å². The minimum atomic E-state index is -2.35. The van der Waals surface area contributed by atoms with Gasteiger partial charge in [-0.2, -0.15) is 4.89 Å². The Labute approximate surface area is 59.7 Å². The van der Waals surface area contributed by atoms with Gasteiger partial charge in [0.05, 0.1) is 0 Å². The van der Waals surface area contributed by atoms with Crippen LogP contribution < -0.4 is 5.73 Å². The Bertz CT molecular complexity index is 93.9. The van der Waals surface area contributed by atoms with E-state index in [0.29, 0.717) is 0 Å². The molecule has 0 radical (unpaired) electrons. The first-order chi connectivity index (χ1) is 3.66. The third-order valence-electron chi connectivity index (χ3n) is 0.610. The van der Waals surface area contributed by atoms with E-state index in [4.69, 9.17) is 10.6 Å². The largest absolute Gasteiger partial charge is 0.508 e. The van der Waals surface area contributed by atoms with E-state index in [1.54, 1.807) is 0 Å². The topological polar surface area (TPSA) is 63.3 Å². The summed E-state index contributed by atoms with van der Waals surface area (Å²) in [6.07, 6.45) is -1.67. The second-order valence-corrected chi connectivity index (χ2v) is 2.44. The highest BCUT2D eigenvalue weighted by molar-refractivity contribution is 7.38. The fourth-order valence-electron chi connectivity index (χ4n) is 0.244. The zero-order valence-electron chi connectivity index (χ0n) is 4.66.